The molecule has 0 aliphatic rings. The van der Waals surface area contributed by atoms with Crippen molar-refractivity contribution in [2.24, 2.45) is 0 Å². The molecular weight excluding hydrogens is 260 g/mol. The summed E-state index contributed by atoms with van der Waals surface area (Å²) >= 11 is 0. The molecule has 2 nitrogen and oxygen atoms in total. The van der Waals surface area contributed by atoms with Crippen LogP contribution in [0.5, 0.6) is 0 Å². The standard InChI is InChI=1S/C19H34O2/c1-3-4-5-6-7-8-9-10-11-12-13-14-15-16-17-18-19(20)21-2/h3,6-18H2,1-2H3. The van der Waals surface area contributed by atoms with Gasteiger partial charge in [-0.3, -0.25) is 4.79 Å². The minimum Gasteiger partial charge on any atom is -0.469 e. The number of hydrogen-bond acceptors (Lipinski definition) is 2. The van der Waals surface area contributed by atoms with Gasteiger partial charge in [0.2, 0.25) is 0 Å². The van der Waals surface area contributed by atoms with Crippen molar-refractivity contribution in [3.8, 4) is 11.8 Å². The lowest BCUT2D eigenvalue weighted by Gasteiger charge is -2.02. The summed E-state index contributed by atoms with van der Waals surface area (Å²) in [6, 6.07) is 0. The zero-order valence-corrected chi connectivity index (χ0v) is 14.2. The van der Waals surface area contributed by atoms with Crippen LogP contribution in [0.15, 0.2) is 0 Å². The molecule has 0 N–H and O–H groups in total. The van der Waals surface area contributed by atoms with Crippen molar-refractivity contribution in [2.75, 3.05) is 7.11 Å². The van der Waals surface area contributed by atoms with E-state index in [0.717, 1.165) is 25.7 Å². The van der Waals surface area contributed by atoms with Crippen LogP contribution in [0, 0.1) is 11.8 Å². The highest BCUT2D eigenvalue weighted by Gasteiger charge is 1.99. The Bertz CT molecular complexity index is 286. The van der Waals surface area contributed by atoms with Crippen molar-refractivity contribution >= 4 is 5.97 Å². The molecule has 0 aromatic carbocycles. The molecule has 0 heterocycles. The average Bonchev–Trinajstić information content (AvgIpc) is 2.50. The maximum absolute atomic E-state index is 10.9. The van der Waals surface area contributed by atoms with E-state index in [0.29, 0.717) is 6.42 Å². The first-order chi connectivity index (χ1) is 10.3. The fourth-order valence-electron chi connectivity index (χ4n) is 2.39. The Labute approximate surface area is 132 Å². The molecule has 0 aromatic heterocycles. The Hall–Kier alpha value is -0.970. The van der Waals surface area contributed by atoms with Gasteiger partial charge in [-0.25, -0.2) is 0 Å². The summed E-state index contributed by atoms with van der Waals surface area (Å²) in [6.07, 6.45) is 16.8. The zero-order chi connectivity index (χ0) is 15.6. The fourth-order valence-corrected chi connectivity index (χ4v) is 2.39. The Morgan fingerprint density at radius 3 is 1.71 bits per heavy atom. The predicted molar refractivity (Wildman–Crippen MR) is 90.1 cm³/mol. The van der Waals surface area contributed by atoms with Crippen molar-refractivity contribution < 1.29 is 9.53 Å². The third-order valence-corrected chi connectivity index (χ3v) is 3.71. The van der Waals surface area contributed by atoms with Crippen molar-refractivity contribution in [1.82, 2.24) is 0 Å². The minimum absolute atomic E-state index is 0.0734. The lowest BCUT2D eigenvalue weighted by atomic mass is 10.0. The van der Waals surface area contributed by atoms with E-state index in [-0.39, 0.29) is 5.97 Å². The highest BCUT2D eigenvalue weighted by atomic mass is 16.5. The second kappa shape index (κ2) is 17.1. The molecule has 0 spiro atoms. The zero-order valence-electron chi connectivity index (χ0n) is 14.2. The van der Waals surface area contributed by atoms with E-state index in [2.05, 4.69) is 23.5 Å². The topological polar surface area (TPSA) is 26.3 Å². The van der Waals surface area contributed by atoms with Crippen LogP contribution in [0.25, 0.3) is 0 Å². The van der Waals surface area contributed by atoms with Crippen molar-refractivity contribution in [3.63, 3.8) is 0 Å². The van der Waals surface area contributed by atoms with E-state index >= 15 is 0 Å². The van der Waals surface area contributed by atoms with Crippen LogP contribution in [0.2, 0.25) is 0 Å². The maximum Gasteiger partial charge on any atom is 0.305 e. The first kappa shape index (κ1) is 20.0. The van der Waals surface area contributed by atoms with E-state index in [9.17, 15) is 4.79 Å². The Balaban J connectivity index is 3.04. The van der Waals surface area contributed by atoms with E-state index in [4.69, 9.17) is 0 Å². The molecule has 122 valence electrons. The van der Waals surface area contributed by atoms with Crippen LogP contribution >= 0.6 is 0 Å². The van der Waals surface area contributed by atoms with Crippen molar-refractivity contribution in [1.29, 1.82) is 0 Å². The molecule has 0 aliphatic carbocycles. The Morgan fingerprint density at radius 2 is 1.24 bits per heavy atom. The number of hydrogen-bond donors (Lipinski definition) is 0. The van der Waals surface area contributed by atoms with Gasteiger partial charge in [-0.1, -0.05) is 64.7 Å². The third-order valence-electron chi connectivity index (χ3n) is 3.71. The van der Waals surface area contributed by atoms with Crippen LogP contribution in [-0.2, 0) is 9.53 Å². The van der Waals surface area contributed by atoms with Crippen molar-refractivity contribution in [2.45, 2.75) is 96.8 Å². The fraction of sp³-hybridized carbons (Fsp3) is 0.842. The van der Waals surface area contributed by atoms with Gasteiger partial charge in [-0.15, -0.1) is 11.8 Å². The van der Waals surface area contributed by atoms with Gasteiger partial charge in [0.05, 0.1) is 7.11 Å². The number of unbranched alkanes of at least 4 members (excludes halogenated alkanes) is 11. The third kappa shape index (κ3) is 17.0. The summed E-state index contributed by atoms with van der Waals surface area (Å²) in [6.45, 7) is 2.10. The van der Waals surface area contributed by atoms with Crippen LogP contribution in [0.3, 0.4) is 0 Å². The second-order valence-corrected chi connectivity index (χ2v) is 5.67. The number of esters is 1. The van der Waals surface area contributed by atoms with Crippen molar-refractivity contribution in [3.05, 3.63) is 0 Å². The summed E-state index contributed by atoms with van der Waals surface area (Å²) in [7, 11) is 1.46. The molecule has 0 aliphatic heterocycles. The number of methoxy groups -OCH3 is 1. The molecule has 0 unspecified atom stereocenters. The highest BCUT2D eigenvalue weighted by molar-refractivity contribution is 5.68. The summed E-state index contributed by atoms with van der Waals surface area (Å²) in [5.74, 6) is 6.25. The summed E-state index contributed by atoms with van der Waals surface area (Å²) in [4.78, 5) is 10.9. The van der Waals surface area contributed by atoms with Gasteiger partial charge in [0.25, 0.3) is 0 Å². The number of carbonyl (C=O) groups is 1. The largest absolute Gasteiger partial charge is 0.469 e. The van der Waals surface area contributed by atoms with Gasteiger partial charge in [-0.05, 0) is 12.8 Å². The van der Waals surface area contributed by atoms with E-state index in [1.165, 1.54) is 64.9 Å². The number of carbonyl (C=O) groups excluding carboxylic acids is 1. The smallest absolute Gasteiger partial charge is 0.305 e. The molecule has 0 fully saturated rings. The van der Waals surface area contributed by atoms with E-state index < -0.39 is 0 Å². The van der Waals surface area contributed by atoms with Gasteiger partial charge in [0.1, 0.15) is 0 Å². The molecule has 0 atom stereocenters. The SMILES string of the molecule is CCC#CCCCCCCCCCCCCCC(=O)OC. The van der Waals surface area contributed by atoms with Gasteiger partial charge in [0.15, 0.2) is 0 Å². The number of ether oxygens (including phenoxy) is 1. The monoisotopic (exact) mass is 294 g/mol. The summed E-state index contributed by atoms with van der Waals surface area (Å²) < 4.78 is 4.62. The molecule has 0 saturated heterocycles. The summed E-state index contributed by atoms with van der Waals surface area (Å²) in [5.41, 5.74) is 0. The average molecular weight is 294 g/mol. The molecule has 0 amide bonds. The van der Waals surface area contributed by atoms with Crippen LogP contribution in [-0.4, -0.2) is 13.1 Å². The van der Waals surface area contributed by atoms with Gasteiger partial charge >= 0.3 is 5.97 Å². The van der Waals surface area contributed by atoms with Crippen LogP contribution in [0.1, 0.15) is 96.8 Å². The summed E-state index contributed by atoms with van der Waals surface area (Å²) in [5, 5.41) is 0. The van der Waals surface area contributed by atoms with Crippen LogP contribution < -0.4 is 0 Å². The quantitative estimate of drug-likeness (QED) is 0.249. The Morgan fingerprint density at radius 1 is 0.762 bits per heavy atom. The minimum atomic E-state index is -0.0734. The molecular formula is C19H34O2. The molecule has 21 heavy (non-hydrogen) atoms. The lowest BCUT2D eigenvalue weighted by molar-refractivity contribution is -0.140. The lowest BCUT2D eigenvalue weighted by Crippen LogP contribution is -1.99. The van der Waals surface area contributed by atoms with Gasteiger partial charge in [0, 0.05) is 19.3 Å². The molecule has 0 bridgehead atoms. The molecule has 2 heteroatoms. The van der Waals surface area contributed by atoms with E-state index in [1.807, 2.05) is 0 Å². The molecule has 0 aromatic rings. The predicted octanol–water partition coefficient (Wildman–Crippen LogP) is 5.64. The maximum atomic E-state index is 10.9. The van der Waals surface area contributed by atoms with Gasteiger partial charge < -0.3 is 4.74 Å². The molecule has 0 saturated carbocycles. The highest BCUT2D eigenvalue weighted by Crippen LogP contribution is 2.12. The van der Waals surface area contributed by atoms with Gasteiger partial charge in [-0.2, -0.15) is 0 Å². The molecule has 0 radical (unpaired) electrons. The Kier molecular flexibility index (Phi) is 16.3. The molecule has 0 rings (SSSR count). The van der Waals surface area contributed by atoms with E-state index in [1.54, 1.807) is 0 Å². The normalized spacial score (nSPS) is 10.0. The second-order valence-electron chi connectivity index (χ2n) is 5.67. The number of rotatable bonds is 13. The first-order valence-corrected chi connectivity index (χ1v) is 8.83. The first-order valence-electron chi connectivity index (χ1n) is 8.83. The van der Waals surface area contributed by atoms with Crippen LogP contribution in [0.4, 0.5) is 0 Å².